The van der Waals surface area contributed by atoms with Crippen LogP contribution < -0.4 is 0 Å². The van der Waals surface area contributed by atoms with Gasteiger partial charge in [0, 0.05) is 32.8 Å². The van der Waals surface area contributed by atoms with Crippen LogP contribution in [-0.4, -0.2) is 68.7 Å². The molecule has 0 aromatic carbocycles. The molecule has 0 N–H and O–H groups in total. The summed E-state index contributed by atoms with van der Waals surface area (Å²) in [5, 5.41) is 0. The van der Waals surface area contributed by atoms with Crippen LogP contribution in [0, 0.1) is 5.92 Å². The fraction of sp³-hybridized carbons (Fsp3) is 0.938. The Labute approximate surface area is 140 Å². The first-order chi connectivity index (χ1) is 11.0. The highest BCUT2D eigenvalue weighted by Crippen LogP contribution is 2.26. The molecule has 2 unspecified atom stereocenters. The molecule has 0 aromatic rings. The standard InChI is InChI=1S/C16H30N2O4S/c1-3-15-8-4-5-10-18(15)16(19)14-7-6-9-17(13-14)23(20,21)12-11-22-2/h14-15H,3-13H2,1-2H3. The molecule has 0 bridgehead atoms. The average Bonchev–Trinajstić information content (AvgIpc) is 2.59. The number of carbonyl (C=O) groups excluding carboxylic acids is 1. The van der Waals surface area contributed by atoms with E-state index in [0.29, 0.717) is 19.1 Å². The molecule has 0 radical (unpaired) electrons. The number of nitrogens with zero attached hydrogens (tertiary/aromatic N) is 2. The number of hydrogen-bond donors (Lipinski definition) is 0. The topological polar surface area (TPSA) is 66.9 Å². The van der Waals surface area contributed by atoms with Crippen molar-refractivity contribution >= 4 is 15.9 Å². The van der Waals surface area contributed by atoms with E-state index in [-0.39, 0.29) is 24.2 Å². The second kappa shape index (κ2) is 8.44. The molecule has 2 saturated heterocycles. The molecule has 0 aliphatic carbocycles. The Bertz CT molecular complexity index is 494. The first-order valence-electron chi connectivity index (χ1n) is 8.76. The van der Waals surface area contributed by atoms with Crippen molar-refractivity contribution in [3.63, 3.8) is 0 Å². The summed E-state index contributed by atoms with van der Waals surface area (Å²) >= 11 is 0. The lowest BCUT2D eigenvalue weighted by atomic mass is 9.93. The van der Waals surface area contributed by atoms with Gasteiger partial charge in [0.05, 0.1) is 18.3 Å². The molecule has 2 atom stereocenters. The van der Waals surface area contributed by atoms with Crippen molar-refractivity contribution in [1.29, 1.82) is 0 Å². The number of rotatable bonds is 6. The minimum Gasteiger partial charge on any atom is -0.384 e. The summed E-state index contributed by atoms with van der Waals surface area (Å²) in [5.74, 6) is -0.0393. The van der Waals surface area contributed by atoms with E-state index in [0.717, 1.165) is 38.6 Å². The molecule has 2 aliphatic heterocycles. The van der Waals surface area contributed by atoms with E-state index in [1.54, 1.807) is 0 Å². The van der Waals surface area contributed by atoms with Crippen LogP contribution in [0.2, 0.25) is 0 Å². The molecule has 7 heteroatoms. The van der Waals surface area contributed by atoms with Crippen LogP contribution >= 0.6 is 0 Å². The third-order valence-electron chi connectivity index (χ3n) is 5.05. The van der Waals surface area contributed by atoms with Crippen LogP contribution in [-0.2, 0) is 19.6 Å². The Kier molecular flexibility index (Phi) is 6.85. The second-order valence-electron chi connectivity index (χ2n) is 6.60. The largest absolute Gasteiger partial charge is 0.384 e. The summed E-state index contributed by atoms with van der Waals surface area (Å²) in [6.45, 7) is 4.00. The monoisotopic (exact) mass is 346 g/mol. The van der Waals surface area contributed by atoms with Gasteiger partial charge >= 0.3 is 0 Å². The van der Waals surface area contributed by atoms with Crippen molar-refractivity contribution in [2.24, 2.45) is 5.92 Å². The zero-order valence-electron chi connectivity index (χ0n) is 14.4. The Morgan fingerprint density at radius 1 is 1.17 bits per heavy atom. The Balaban J connectivity index is 2.01. The lowest BCUT2D eigenvalue weighted by Gasteiger charge is -2.40. The third kappa shape index (κ3) is 4.67. The highest BCUT2D eigenvalue weighted by molar-refractivity contribution is 7.89. The molecule has 0 aromatic heterocycles. The van der Waals surface area contributed by atoms with Gasteiger partial charge in [-0.2, -0.15) is 0 Å². The minimum atomic E-state index is -3.32. The normalized spacial score (nSPS) is 27.1. The zero-order valence-corrected chi connectivity index (χ0v) is 15.2. The van der Waals surface area contributed by atoms with Crippen LogP contribution in [0.15, 0.2) is 0 Å². The van der Waals surface area contributed by atoms with Crippen molar-refractivity contribution in [1.82, 2.24) is 9.21 Å². The van der Waals surface area contributed by atoms with Gasteiger partial charge in [0.2, 0.25) is 15.9 Å². The van der Waals surface area contributed by atoms with Gasteiger partial charge in [0.25, 0.3) is 0 Å². The molecule has 2 rings (SSSR count). The number of ether oxygens (including phenoxy) is 1. The van der Waals surface area contributed by atoms with E-state index in [2.05, 4.69) is 6.92 Å². The van der Waals surface area contributed by atoms with Crippen LogP contribution in [0.3, 0.4) is 0 Å². The molecule has 23 heavy (non-hydrogen) atoms. The van der Waals surface area contributed by atoms with E-state index >= 15 is 0 Å². The predicted octanol–water partition coefficient (Wildman–Crippen LogP) is 1.47. The van der Waals surface area contributed by atoms with Gasteiger partial charge in [-0.15, -0.1) is 0 Å². The molecule has 6 nitrogen and oxygen atoms in total. The smallest absolute Gasteiger partial charge is 0.227 e. The van der Waals surface area contributed by atoms with Gasteiger partial charge in [-0.3, -0.25) is 4.79 Å². The van der Waals surface area contributed by atoms with Gasteiger partial charge in [0.1, 0.15) is 0 Å². The van der Waals surface area contributed by atoms with Gasteiger partial charge < -0.3 is 9.64 Å². The number of likely N-dealkylation sites (tertiary alicyclic amines) is 1. The lowest BCUT2D eigenvalue weighted by Crippen LogP contribution is -2.51. The van der Waals surface area contributed by atoms with Crippen molar-refractivity contribution in [3.05, 3.63) is 0 Å². The van der Waals surface area contributed by atoms with Gasteiger partial charge in [-0.05, 0) is 38.5 Å². The van der Waals surface area contributed by atoms with E-state index in [1.165, 1.54) is 17.8 Å². The maximum atomic E-state index is 12.9. The quantitative estimate of drug-likeness (QED) is 0.730. The van der Waals surface area contributed by atoms with Crippen molar-refractivity contribution in [2.75, 3.05) is 39.1 Å². The number of sulfonamides is 1. The summed E-state index contributed by atoms with van der Waals surface area (Å²) in [7, 11) is -1.82. The first kappa shape index (κ1) is 18.7. The molecule has 1 amide bonds. The summed E-state index contributed by atoms with van der Waals surface area (Å²) in [6.07, 6.45) is 5.85. The van der Waals surface area contributed by atoms with Crippen LogP contribution in [0.25, 0.3) is 0 Å². The van der Waals surface area contributed by atoms with Crippen LogP contribution in [0.5, 0.6) is 0 Å². The zero-order chi connectivity index (χ0) is 16.9. The van der Waals surface area contributed by atoms with E-state index in [1.807, 2.05) is 4.90 Å². The molecular formula is C16H30N2O4S. The fourth-order valence-corrected chi connectivity index (χ4v) is 5.11. The Hall–Kier alpha value is -0.660. The second-order valence-corrected chi connectivity index (χ2v) is 8.68. The SMILES string of the molecule is CCC1CCCCN1C(=O)C1CCCN(S(=O)(=O)CCOC)C1. The van der Waals surface area contributed by atoms with Crippen molar-refractivity contribution in [2.45, 2.75) is 51.5 Å². The summed E-state index contributed by atoms with van der Waals surface area (Å²) in [6, 6.07) is 0.330. The van der Waals surface area contributed by atoms with Crippen LogP contribution in [0.4, 0.5) is 0 Å². The number of amides is 1. The minimum absolute atomic E-state index is 0.00822. The van der Waals surface area contributed by atoms with Gasteiger partial charge in [-0.1, -0.05) is 6.92 Å². The van der Waals surface area contributed by atoms with Crippen molar-refractivity contribution < 1.29 is 17.9 Å². The van der Waals surface area contributed by atoms with E-state index in [9.17, 15) is 13.2 Å². The number of piperidine rings is 2. The Morgan fingerprint density at radius 3 is 2.65 bits per heavy atom. The highest BCUT2D eigenvalue weighted by Gasteiger charge is 2.36. The maximum absolute atomic E-state index is 12.9. The molecule has 134 valence electrons. The van der Waals surface area contributed by atoms with Gasteiger partial charge in [0.15, 0.2) is 0 Å². The first-order valence-corrected chi connectivity index (χ1v) is 10.4. The van der Waals surface area contributed by atoms with Gasteiger partial charge in [-0.25, -0.2) is 12.7 Å². The average molecular weight is 346 g/mol. The van der Waals surface area contributed by atoms with E-state index < -0.39 is 10.0 Å². The molecule has 2 aliphatic rings. The molecule has 2 fully saturated rings. The highest BCUT2D eigenvalue weighted by atomic mass is 32.2. The van der Waals surface area contributed by atoms with Crippen molar-refractivity contribution in [3.8, 4) is 0 Å². The third-order valence-corrected chi connectivity index (χ3v) is 6.85. The number of methoxy groups -OCH3 is 1. The number of hydrogen-bond acceptors (Lipinski definition) is 4. The molecular weight excluding hydrogens is 316 g/mol. The summed E-state index contributed by atoms with van der Waals surface area (Å²) in [4.78, 5) is 14.9. The molecule has 2 heterocycles. The number of carbonyl (C=O) groups is 1. The molecule has 0 spiro atoms. The lowest BCUT2D eigenvalue weighted by molar-refractivity contribution is -0.140. The van der Waals surface area contributed by atoms with Crippen LogP contribution in [0.1, 0.15) is 45.4 Å². The Morgan fingerprint density at radius 2 is 1.96 bits per heavy atom. The predicted molar refractivity (Wildman–Crippen MR) is 89.6 cm³/mol. The molecule has 0 saturated carbocycles. The van der Waals surface area contributed by atoms with E-state index in [4.69, 9.17) is 4.74 Å². The summed E-state index contributed by atoms with van der Waals surface area (Å²) < 4.78 is 31.0. The maximum Gasteiger partial charge on any atom is 0.227 e. The fourth-order valence-electron chi connectivity index (χ4n) is 3.66. The summed E-state index contributed by atoms with van der Waals surface area (Å²) in [5.41, 5.74) is 0.